The normalized spacial score (nSPS) is 23.8. The summed E-state index contributed by atoms with van der Waals surface area (Å²) in [4.78, 5) is 49.1. The maximum atomic E-state index is 12.2. The Bertz CT molecular complexity index is 533. The molecule has 0 radical (unpaired) electrons. The third kappa shape index (κ3) is 4.00. The van der Waals surface area contributed by atoms with Gasteiger partial charge in [0.05, 0.1) is 18.4 Å². The van der Waals surface area contributed by atoms with Crippen molar-refractivity contribution in [3.05, 3.63) is 12.2 Å². The van der Waals surface area contributed by atoms with E-state index < -0.39 is 24.5 Å². The van der Waals surface area contributed by atoms with Gasteiger partial charge in [-0.1, -0.05) is 12.2 Å². The van der Waals surface area contributed by atoms with Gasteiger partial charge in [0.25, 0.3) is 5.91 Å². The van der Waals surface area contributed by atoms with E-state index in [0.29, 0.717) is 26.0 Å². The summed E-state index contributed by atoms with van der Waals surface area (Å²) >= 11 is 0. The zero-order chi connectivity index (χ0) is 17.7. The van der Waals surface area contributed by atoms with Gasteiger partial charge >= 0.3 is 5.97 Å². The number of esters is 1. The molecule has 0 unspecified atom stereocenters. The van der Waals surface area contributed by atoms with Crippen molar-refractivity contribution in [3.8, 4) is 0 Å². The molecule has 132 valence electrons. The lowest BCUT2D eigenvalue weighted by atomic mass is 9.85. The number of allylic oxidation sites excluding steroid dienone is 2. The van der Waals surface area contributed by atoms with Gasteiger partial charge in [-0.25, -0.2) is 0 Å². The van der Waals surface area contributed by atoms with Crippen LogP contribution in [0.15, 0.2) is 12.2 Å². The van der Waals surface area contributed by atoms with E-state index in [0.717, 1.165) is 4.90 Å². The van der Waals surface area contributed by atoms with Crippen LogP contribution in [-0.2, 0) is 28.7 Å². The molecular weight excluding hydrogens is 316 g/mol. The number of carbonyl (C=O) groups is 4. The van der Waals surface area contributed by atoms with Crippen LogP contribution in [0.3, 0.4) is 0 Å². The van der Waals surface area contributed by atoms with Crippen molar-refractivity contribution in [2.45, 2.75) is 25.9 Å². The van der Waals surface area contributed by atoms with E-state index in [1.54, 1.807) is 0 Å². The van der Waals surface area contributed by atoms with Gasteiger partial charge in [-0.05, 0) is 19.8 Å². The molecule has 1 fully saturated rings. The fraction of sp³-hybridized carbons (Fsp3) is 0.625. The average Bonchev–Trinajstić information content (AvgIpc) is 2.80. The van der Waals surface area contributed by atoms with Gasteiger partial charge < -0.3 is 14.8 Å². The SMILES string of the molecule is COCCNC(=O)[C@H](C)OC(=O)CN1C(=O)[C@H]2CC=CC[C@H]2C1=O. The summed E-state index contributed by atoms with van der Waals surface area (Å²) in [6.45, 7) is 1.62. The molecule has 0 saturated carbocycles. The molecule has 0 aromatic rings. The maximum absolute atomic E-state index is 12.2. The van der Waals surface area contributed by atoms with Crippen LogP contribution in [0.1, 0.15) is 19.8 Å². The molecule has 8 nitrogen and oxygen atoms in total. The first-order valence-corrected chi connectivity index (χ1v) is 7.92. The summed E-state index contributed by atoms with van der Waals surface area (Å²) in [7, 11) is 1.51. The summed E-state index contributed by atoms with van der Waals surface area (Å²) in [5, 5.41) is 2.54. The molecule has 24 heavy (non-hydrogen) atoms. The predicted molar refractivity (Wildman–Crippen MR) is 82.5 cm³/mol. The third-order valence-electron chi connectivity index (χ3n) is 4.17. The largest absolute Gasteiger partial charge is 0.451 e. The van der Waals surface area contributed by atoms with Crippen LogP contribution in [-0.4, -0.2) is 61.5 Å². The fourth-order valence-corrected chi connectivity index (χ4v) is 2.86. The molecular formula is C16H22N2O6. The molecule has 8 heteroatoms. The molecule has 2 aliphatic rings. The van der Waals surface area contributed by atoms with E-state index in [4.69, 9.17) is 9.47 Å². The number of carbonyl (C=O) groups excluding carboxylic acids is 4. The monoisotopic (exact) mass is 338 g/mol. The van der Waals surface area contributed by atoms with Crippen molar-refractivity contribution in [2.75, 3.05) is 26.8 Å². The Morgan fingerprint density at radius 1 is 1.25 bits per heavy atom. The molecule has 1 N–H and O–H groups in total. The summed E-state index contributed by atoms with van der Waals surface area (Å²) in [5.41, 5.74) is 0. The van der Waals surface area contributed by atoms with E-state index in [1.165, 1.54) is 14.0 Å². The predicted octanol–water partition coefficient (Wildman–Crippen LogP) is -0.368. The second kappa shape index (κ2) is 8.05. The number of rotatable bonds is 7. The van der Waals surface area contributed by atoms with Crippen molar-refractivity contribution < 1.29 is 28.7 Å². The van der Waals surface area contributed by atoms with Crippen LogP contribution in [0.5, 0.6) is 0 Å². The van der Waals surface area contributed by atoms with Crippen LogP contribution in [0.2, 0.25) is 0 Å². The lowest BCUT2D eigenvalue weighted by Crippen LogP contribution is -2.41. The molecule has 1 heterocycles. The highest BCUT2D eigenvalue weighted by Gasteiger charge is 2.47. The van der Waals surface area contributed by atoms with Crippen LogP contribution in [0.25, 0.3) is 0 Å². The minimum atomic E-state index is -1.01. The van der Waals surface area contributed by atoms with E-state index in [1.807, 2.05) is 12.2 Å². The third-order valence-corrected chi connectivity index (χ3v) is 4.17. The summed E-state index contributed by atoms with van der Waals surface area (Å²) in [5.74, 6) is -2.70. The molecule has 0 aromatic carbocycles. The van der Waals surface area contributed by atoms with Crippen molar-refractivity contribution in [2.24, 2.45) is 11.8 Å². The molecule has 2 rings (SSSR count). The standard InChI is InChI=1S/C16H22N2O6/c1-10(14(20)17-7-8-23-2)24-13(19)9-18-15(21)11-5-3-4-6-12(11)16(18)22/h3-4,10-12H,5-9H2,1-2H3,(H,17,20)/t10-,11-,12+/m0/s1. The summed E-state index contributed by atoms with van der Waals surface area (Å²) < 4.78 is 9.80. The van der Waals surface area contributed by atoms with Gasteiger partial charge in [-0.3, -0.25) is 24.1 Å². The zero-order valence-electron chi connectivity index (χ0n) is 13.8. The molecule has 0 aromatic heterocycles. The van der Waals surface area contributed by atoms with Crippen LogP contribution in [0.4, 0.5) is 0 Å². The first-order chi connectivity index (χ1) is 11.5. The highest BCUT2D eigenvalue weighted by Crippen LogP contribution is 2.34. The molecule has 3 amide bonds. The molecule has 1 aliphatic heterocycles. The average molecular weight is 338 g/mol. The lowest BCUT2D eigenvalue weighted by molar-refractivity contribution is -0.159. The van der Waals surface area contributed by atoms with Crippen molar-refractivity contribution in [1.82, 2.24) is 10.2 Å². The highest BCUT2D eigenvalue weighted by atomic mass is 16.5. The Morgan fingerprint density at radius 3 is 2.38 bits per heavy atom. The zero-order valence-corrected chi connectivity index (χ0v) is 13.8. The quantitative estimate of drug-likeness (QED) is 0.294. The number of imide groups is 1. The van der Waals surface area contributed by atoms with Crippen LogP contribution in [0, 0.1) is 11.8 Å². The number of hydrogen-bond acceptors (Lipinski definition) is 6. The maximum Gasteiger partial charge on any atom is 0.326 e. The van der Waals surface area contributed by atoms with Gasteiger partial charge in [0.15, 0.2) is 6.10 Å². The van der Waals surface area contributed by atoms with E-state index in [2.05, 4.69) is 5.32 Å². The number of nitrogens with one attached hydrogen (secondary N) is 1. The number of nitrogens with zero attached hydrogens (tertiary/aromatic N) is 1. The molecule has 1 saturated heterocycles. The number of likely N-dealkylation sites (tertiary alicyclic amines) is 1. The van der Waals surface area contributed by atoms with E-state index in [9.17, 15) is 19.2 Å². The Hall–Kier alpha value is -2.22. The first kappa shape index (κ1) is 18.1. The first-order valence-electron chi connectivity index (χ1n) is 7.92. The van der Waals surface area contributed by atoms with Crippen molar-refractivity contribution >= 4 is 23.7 Å². The number of fused-ring (bicyclic) bond motifs is 1. The van der Waals surface area contributed by atoms with Crippen molar-refractivity contribution in [1.29, 1.82) is 0 Å². The number of amides is 3. The lowest BCUT2D eigenvalue weighted by Gasteiger charge is -2.17. The van der Waals surface area contributed by atoms with Gasteiger partial charge in [0, 0.05) is 13.7 Å². The number of ether oxygens (including phenoxy) is 2. The second-order valence-electron chi connectivity index (χ2n) is 5.83. The topological polar surface area (TPSA) is 102 Å². The van der Waals surface area contributed by atoms with E-state index in [-0.39, 0.29) is 23.7 Å². The van der Waals surface area contributed by atoms with Gasteiger partial charge in [0.1, 0.15) is 6.54 Å². The van der Waals surface area contributed by atoms with Crippen molar-refractivity contribution in [3.63, 3.8) is 0 Å². The Balaban J connectivity index is 1.85. The Kier molecular flexibility index (Phi) is 6.08. The van der Waals surface area contributed by atoms with E-state index >= 15 is 0 Å². The van der Waals surface area contributed by atoms with Gasteiger partial charge in [-0.2, -0.15) is 0 Å². The summed E-state index contributed by atoms with van der Waals surface area (Å²) in [6, 6.07) is 0. The molecule has 3 atom stereocenters. The van der Waals surface area contributed by atoms with Gasteiger partial charge in [-0.15, -0.1) is 0 Å². The van der Waals surface area contributed by atoms with Crippen LogP contribution >= 0.6 is 0 Å². The Morgan fingerprint density at radius 2 is 1.83 bits per heavy atom. The molecule has 0 bridgehead atoms. The minimum absolute atomic E-state index is 0.302. The van der Waals surface area contributed by atoms with Gasteiger partial charge in [0.2, 0.25) is 11.8 Å². The minimum Gasteiger partial charge on any atom is -0.451 e. The smallest absolute Gasteiger partial charge is 0.326 e. The highest BCUT2D eigenvalue weighted by molar-refractivity contribution is 6.07. The Labute approximate surface area is 140 Å². The molecule has 0 spiro atoms. The molecule has 1 aliphatic carbocycles. The van der Waals surface area contributed by atoms with Crippen LogP contribution < -0.4 is 5.32 Å². The number of hydrogen-bond donors (Lipinski definition) is 1. The number of methoxy groups -OCH3 is 1. The second-order valence-corrected chi connectivity index (χ2v) is 5.83. The fourth-order valence-electron chi connectivity index (χ4n) is 2.86. The summed E-state index contributed by atoms with van der Waals surface area (Å²) in [6.07, 6.45) is 3.77.